The number of hydrogen-bond acceptors (Lipinski definition) is 8. The number of carbonyl (C=O) groups is 3. The van der Waals surface area contributed by atoms with Crippen molar-refractivity contribution in [1.29, 1.82) is 0 Å². The predicted molar refractivity (Wildman–Crippen MR) is 147 cm³/mol. The zero-order chi connectivity index (χ0) is 28.8. The van der Waals surface area contributed by atoms with E-state index in [-0.39, 0.29) is 43.8 Å². The molecule has 10 nitrogen and oxygen atoms in total. The molecule has 2 aliphatic carbocycles. The summed E-state index contributed by atoms with van der Waals surface area (Å²) < 4.78 is 11.8. The molecule has 1 heterocycles. The number of aliphatic hydroxyl groups is 3. The summed E-state index contributed by atoms with van der Waals surface area (Å²) in [4.78, 5) is 40.3. The Morgan fingerprint density at radius 1 is 1.12 bits per heavy atom. The average molecular weight is 559 g/mol. The molecule has 40 heavy (non-hydrogen) atoms. The van der Waals surface area contributed by atoms with Gasteiger partial charge in [-0.2, -0.15) is 0 Å². The molecule has 2 amide bonds. The van der Waals surface area contributed by atoms with Gasteiger partial charge in [-0.15, -0.1) is 0 Å². The number of Topliss-reactive ketones (excluding diaryl/α,β-unsaturated/α-hetero) is 1. The van der Waals surface area contributed by atoms with Crippen molar-refractivity contribution in [2.24, 2.45) is 5.92 Å². The van der Waals surface area contributed by atoms with Gasteiger partial charge in [0, 0.05) is 37.1 Å². The van der Waals surface area contributed by atoms with Gasteiger partial charge < -0.3 is 39.8 Å². The van der Waals surface area contributed by atoms with E-state index in [2.05, 4.69) is 5.32 Å². The summed E-state index contributed by atoms with van der Waals surface area (Å²) in [5, 5.41) is 33.6. The van der Waals surface area contributed by atoms with Crippen LogP contribution in [-0.4, -0.2) is 82.9 Å². The second kappa shape index (κ2) is 13.6. The van der Waals surface area contributed by atoms with E-state index in [4.69, 9.17) is 9.47 Å². The first-order chi connectivity index (χ1) is 19.3. The molecule has 220 valence electrons. The van der Waals surface area contributed by atoms with Gasteiger partial charge in [0.15, 0.2) is 11.5 Å². The number of amides is 2. The number of ketones is 1. The molecule has 4 N–H and O–H groups in total. The van der Waals surface area contributed by atoms with Gasteiger partial charge in [0.2, 0.25) is 11.8 Å². The van der Waals surface area contributed by atoms with Crippen molar-refractivity contribution in [3.8, 4) is 11.5 Å². The normalized spacial score (nSPS) is 23.9. The fraction of sp³-hybridized carbons (Fsp3) is 0.633. The zero-order valence-electron chi connectivity index (χ0n) is 23.4. The van der Waals surface area contributed by atoms with Crippen LogP contribution in [0.1, 0.15) is 75.3 Å². The van der Waals surface area contributed by atoms with Gasteiger partial charge in [0.05, 0.1) is 32.3 Å². The predicted octanol–water partition coefficient (Wildman–Crippen LogP) is 1.98. The molecule has 3 aliphatic rings. The Balaban J connectivity index is 1.74. The molecule has 0 saturated heterocycles. The van der Waals surface area contributed by atoms with Gasteiger partial charge in [0.1, 0.15) is 18.0 Å². The Kier molecular flexibility index (Phi) is 10.2. The third-order valence-corrected chi connectivity index (χ3v) is 8.27. The van der Waals surface area contributed by atoms with Crippen LogP contribution < -0.4 is 14.8 Å². The first-order valence-corrected chi connectivity index (χ1v) is 14.3. The van der Waals surface area contributed by atoms with E-state index >= 15 is 0 Å². The zero-order valence-corrected chi connectivity index (χ0v) is 23.4. The van der Waals surface area contributed by atoms with Crippen LogP contribution in [0, 0.1) is 5.92 Å². The Morgan fingerprint density at radius 2 is 1.88 bits per heavy atom. The SMILES string of the molecule is COc1cc(CO)cc2c1OC1C2C(C(=O)NCCO)=CC(N(CC2CCCCC2)C(=O)CCCC(C)=O)C1O. The molecule has 0 bridgehead atoms. The highest BCUT2D eigenvalue weighted by atomic mass is 16.5. The first kappa shape index (κ1) is 30.0. The highest BCUT2D eigenvalue weighted by Gasteiger charge is 2.51. The number of benzene rings is 1. The summed E-state index contributed by atoms with van der Waals surface area (Å²) in [6.45, 7) is 1.51. The summed E-state index contributed by atoms with van der Waals surface area (Å²) in [7, 11) is 1.48. The monoisotopic (exact) mass is 558 g/mol. The van der Waals surface area contributed by atoms with Crippen LogP contribution in [0.4, 0.5) is 0 Å². The topological polar surface area (TPSA) is 146 Å². The van der Waals surface area contributed by atoms with Crippen molar-refractivity contribution >= 4 is 17.6 Å². The first-order valence-electron chi connectivity index (χ1n) is 14.3. The second-order valence-corrected chi connectivity index (χ2v) is 11.1. The van der Waals surface area contributed by atoms with Gasteiger partial charge in [-0.3, -0.25) is 9.59 Å². The minimum Gasteiger partial charge on any atom is -0.493 e. The second-order valence-electron chi connectivity index (χ2n) is 11.1. The van der Waals surface area contributed by atoms with Gasteiger partial charge >= 0.3 is 0 Å². The summed E-state index contributed by atoms with van der Waals surface area (Å²) >= 11 is 0. The highest BCUT2D eigenvalue weighted by molar-refractivity contribution is 5.96. The molecule has 0 aromatic heterocycles. The minimum atomic E-state index is -1.14. The molecule has 4 unspecified atom stereocenters. The van der Waals surface area contributed by atoms with Crippen LogP contribution in [0.15, 0.2) is 23.8 Å². The molecule has 1 aromatic carbocycles. The summed E-state index contributed by atoms with van der Waals surface area (Å²) in [6.07, 6.45) is 5.85. The van der Waals surface area contributed by atoms with E-state index < -0.39 is 30.1 Å². The van der Waals surface area contributed by atoms with Crippen molar-refractivity contribution in [1.82, 2.24) is 10.2 Å². The summed E-state index contributed by atoms with van der Waals surface area (Å²) in [5.74, 6) is -0.183. The Labute approximate surface area is 235 Å². The Hall–Kier alpha value is -2.95. The van der Waals surface area contributed by atoms with Gasteiger partial charge in [-0.1, -0.05) is 19.3 Å². The number of nitrogens with one attached hydrogen (secondary N) is 1. The molecule has 1 aromatic rings. The van der Waals surface area contributed by atoms with Crippen LogP contribution in [-0.2, 0) is 21.0 Å². The average Bonchev–Trinajstić information content (AvgIpc) is 3.35. The van der Waals surface area contributed by atoms with Crippen molar-refractivity contribution < 1.29 is 39.2 Å². The lowest BCUT2D eigenvalue weighted by molar-refractivity contribution is -0.138. The van der Waals surface area contributed by atoms with Gasteiger partial charge in [-0.25, -0.2) is 0 Å². The maximum Gasteiger partial charge on any atom is 0.247 e. The molecule has 0 spiro atoms. The number of nitrogens with zero attached hydrogens (tertiary/aromatic N) is 1. The molecule has 4 rings (SSSR count). The lowest BCUT2D eigenvalue weighted by Crippen LogP contribution is -2.56. The number of ether oxygens (including phenoxy) is 2. The molecule has 1 saturated carbocycles. The molecule has 10 heteroatoms. The fourth-order valence-electron chi connectivity index (χ4n) is 6.29. The van der Waals surface area contributed by atoms with Crippen LogP contribution in [0.3, 0.4) is 0 Å². The third kappa shape index (κ3) is 6.50. The standard InChI is InChI=1S/C30H42N2O8/c1-18(35)7-6-10-25(36)32(16-19-8-4-3-5-9-19)23-15-22(30(38)31-11-12-33)26-21-13-20(17-34)14-24(39-2)28(21)40-29(26)27(23)37/h13-15,19,23,26-27,29,33-34,37H,3-12,16-17H2,1-2H3,(H,31,38). The molecule has 4 atom stereocenters. The van der Waals surface area contributed by atoms with Crippen molar-refractivity contribution in [2.75, 3.05) is 26.8 Å². The number of hydrogen-bond donors (Lipinski definition) is 4. The molecule has 1 fully saturated rings. The van der Waals surface area contributed by atoms with Crippen LogP contribution in [0.25, 0.3) is 0 Å². The van der Waals surface area contributed by atoms with E-state index in [0.717, 1.165) is 32.1 Å². The van der Waals surface area contributed by atoms with E-state index in [1.807, 2.05) is 0 Å². The number of carbonyl (C=O) groups excluding carboxylic acids is 3. The van der Waals surface area contributed by atoms with E-state index in [1.54, 1.807) is 23.1 Å². The Morgan fingerprint density at radius 3 is 2.52 bits per heavy atom. The van der Waals surface area contributed by atoms with Crippen LogP contribution >= 0.6 is 0 Å². The van der Waals surface area contributed by atoms with Gasteiger partial charge in [0.25, 0.3) is 0 Å². The van der Waals surface area contributed by atoms with Crippen LogP contribution in [0.5, 0.6) is 11.5 Å². The Bertz CT molecular complexity index is 1110. The summed E-state index contributed by atoms with van der Waals surface area (Å²) in [5.41, 5.74) is 1.52. The molecular weight excluding hydrogens is 516 g/mol. The molecular formula is C30H42N2O8. The summed E-state index contributed by atoms with van der Waals surface area (Å²) in [6, 6.07) is 2.58. The maximum atomic E-state index is 13.6. The lowest BCUT2D eigenvalue weighted by atomic mass is 9.76. The van der Waals surface area contributed by atoms with E-state index in [1.165, 1.54) is 14.0 Å². The van der Waals surface area contributed by atoms with Crippen molar-refractivity contribution in [3.05, 3.63) is 34.9 Å². The molecule has 1 aliphatic heterocycles. The van der Waals surface area contributed by atoms with Crippen molar-refractivity contribution in [3.63, 3.8) is 0 Å². The quantitative estimate of drug-likeness (QED) is 0.305. The number of methoxy groups -OCH3 is 1. The van der Waals surface area contributed by atoms with Gasteiger partial charge in [-0.05, 0) is 55.9 Å². The number of aliphatic hydroxyl groups excluding tert-OH is 3. The highest BCUT2D eigenvalue weighted by Crippen LogP contribution is 2.51. The molecule has 0 radical (unpaired) electrons. The van der Waals surface area contributed by atoms with E-state index in [0.29, 0.717) is 47.6 Å². The maximum absolute atomic E-state index is 13.6. The van der Waals surface area contributed by atoms with E-state index in [9.17, 15) is 29.7 Å². The van der Waals surface area contributed by atoms with Crippen molar-refractivity contribution in [2.45, 2.75) is 89.1 Å². The largest absolute Gasteiger partial charge is 0.493 e. The van der Waals surface area contributed by atoms with Crippen LogP contribution in [0.2, 0.25) is 0 Å². The number of fused-ring (bicyclic) bond motifs is 3. The fourth-order valence-corrected chi connectivity index (χ4v) is 6.29. The third-order valence-electron chi connectivity index (χ3n) is 8.27. The minimum absolute atomic E-state index is 0.0169. The smallest absolute Gasteiger partial charge is 0.247 e. The number of rotatable bonds is 12. The lowest BCUT2D eigenvalue weighted by Gasteiger charge is -2.42.